The van der Waals surface area contributed by atoms with Crippen molar-refractivity contribution in [3.8, 4) is 0 Å². The Morgan fingerprint density at radius 1 is 1.44 bits per heavy atom. The summed E-state index contributed by atoms with van der Waals surface area (Å²) >= 11 is 3.62. The van der Waals surface area contributed by atoms with Gasteiger partial charge in [0.2, 0.25) is 0 Å². The summed E-state index contributed by atoms with van der Waals surface area (Å²) in [5, 5.41) is 3.47. The number of rotatable bonds is 4. The molecule has 1 nitrogen and oxygen atoms in total. The van der Waals surface area contributed by atoms with Crippen LogP contribution in [0.5, 0.6) is 0 Å². The van der Waals surface area contributed by atoms with Gasteiger partial charge < -0.3 is 5.32 Å². The number of benzene rings is 1. The summed E-state index contributed by atoms with van der Waals surface area (Å²) in [7, 11) is 2.08. The molecule has 1 saturated carbocycles. The minimum absolute atomic E-state index is 0.537. The van der Waals surface area contributed by atoms with Crippen molar-refractivity contribution in [1.29, 1.82) is 0 Å². The van der Waals surface area contributed by atoms with Gasteiger partial charge in [-0.15, -0.1) is 0 Å². The summed E-state index contributed by atoms with van der Waals surface area (Å²) < 4.78 is 1.23. The van der Waals surface area contributed by atoms with Crippen molar-refractivity contribution in [2.45, 2.75) is 32.7 Å². The van der Waals surface area contributed by atoms with E-state index < -0.39 is 0 Å². The predicted octanol–water partition coefficient (Wildman–Crippen LogP) is 3.63. The Morgan fingerprint density at radius 2 is 2.06 bits per heavy atom. The average Bonchev–Trinajstić information content (AvgIpc) is 2.86. The van der Waals surface area contributed by atoms with Gasteiger partial charge in [-0.1, -0.05) is 48.0 Å². The monoisotopic (exact) mass is 281 g/mol. The van der Waals surface area contributed by atoms with Crippen LogP contribution in [0.25, 0.3) is 0 Å². The molecule has 0 heterocycles. The normalized spacial score (nSPS) is 24.1. The van der Waals surface area contributed by atoms with Gasteiger partial charge in [0.1, 0.15) is 0 Å². The number of halogens is 1. The molecular formula is C14H20BrN. The topological polar surface area (TPSA) is 12.0 Å². The van der Waals surface area contributed by atoms with E-state index in [4.69, 9.17) is 0 Å². The highest BCUT2D eigenvalue weighted by molar-refractivity contribution is 9.10. The fraction of sp³-hybridized carbons (Fsp3) is 0.571. The van der Waals surface area contributed by atoms with Gasteiger partial charge in [-0.3, -0.25) is 0 Å². The van der Waals surface area contributed by atoms with E-state index in [1.165, 1.54) is 16.5 Å². The molecule has 0 amide bonds. The Morgan fingerprint density at radius 3 is 2.56 bits per heavy atom. The van der Waals surface area contributed by atoms with Crippen LogP contribution in [0, 0.1) is 11.3 Å². The van der Waals surface area contributed by atoms with E-state index in [9.17, 15) is 0 Å². The molecule has 88 valence electrons. The fourth-order valence-corrected chi connectivity index (χ4v) is 2.99. The van der Waals surface area contributed by atoms with Crippen molar-refractivity contribution < 1.29 is 0 Å². The minimum atomic E-state index is 0.537. The molecule has 1 N–H and O–H groups in total. The molecule has 0 aromatic heterocycles. The second-order valence-electron chi connectivity index (χ2n) is 5.49. The number of nitrogens with one attached hydrogen (secondary N) is 1. The lowest BCUT2D eigenvalue weighted by Crippen LogP contribution is -2.31. The lowest BCUT2D eigenvalue weighted by molar-refractivity contribution is 0.425. The SMILES string of the molecule is CNC(Cc1ccccc1Br)C1CC1(C)C. The zero-order valence-corrected chi connectivity index (χ0v) is 11.8. The second-order valence-corrected chi connectivity index (χ2v) is 6.34. The Kier molecular flexibility index (Phi) is 3.41. The minimum Gasteiger partial charge on any atom is -0.316 e. The largest absolute Gasteiger partial charge is 0.316 e. The van der Waals surface area contributed by atoms with Gasteiger partial charge in [0.05, 0.1) is 0 Å². The van der Waals surface area contributed by atoms with E-state index in [2.05, 4.69) is 66.4 Å². The Labute approximate surface area is 107 Å². The fourth-order valence-electron chi connectivity index (χ4n) is 2.54. The summed E-state index contributed by atoms with van der Waals surface area (Å²) in [5.41, 5.74) is 1.94. The van der Waals surface area contributed by atoms with Crippen LogP contribution < -0.4 is 5.32 Å². The van der Waals surface area contributed by atoms with Gasteiger partial charge in [-0.2, -0.15) is 0 Å². The number of hydrogen-bond acceptors (Lipinski definition) is 1. The summed E-state index contributed by atoms with van der Waals surface area (Å²) in [5.74, 6) is 0.824. The molecule has 2 unspecified atom stereocenters. The van der Waals surface area contributed by atoms with Crippen LogP contribution in [0.4, 0.5) is 0 Å². The smallest absolute Gasteiger partial charge is 0.0207 e. The average molecular weight is 282 g/mol. The first kappa shape index (κ1) is 12.1. The summed E-state index contributed by atoms with van der Waals surface area (Å²) in [4.78, 5) is 0. The summed E-state index contributed by atoms with van der Waals surface area (Å²) in [6.07, 6.45) is 2.47. The molecule has 0 spiro atoms. The predicted molar refractivity (Wildman–Crippen MR) is 72.6 cm³/mol. The van der Waals surface area contributed by atoms with Crippen LogP contribution >= 0.6 is 15.9 Å². The van der Waals surface area contributed by atoms with E-state index >= 15 is 0 Å². The van der Waals surface area contributed by atoms with Crippen molar-refractivity contribution in [2.75, 3.05) is 7.05 Å². The van der Waals surface area contributed by atoms with Gasteiger partial charge in [0.25, 0.3) is 0 Å². The zero-order valence-electron chi connectivity index (χ0n) is 10.3. The van der Waals surface area contributed by atoms with E-state index in [0.29, 0.717) is 11.5 Å². The van der Waals surface area contributed by atoms with Crippen LogP contribution in [0.1, 0.15) is 25.8 Å². The van der Waals surface area contributed by atoms with E-state index in [1.807, 2.05) is 0 Å². The maximum atomic E-state index is 3.62. The van der Waals surface area contributed by atoms with Gasteiger partial charge in [-0.05, 0) is 42.9 Å². The first-order valence-corrected chi connectivity index (χ1v) is 6.74. The van der Waals surface area contributed by atoms with E-state index in [0.717, 1.165) is 12.3 Å². The highest BCUT2D eigenvalue weighted by Crippen LogP contribution is 2.54. The van der Waals surface area contributed by atoms with Crippen LogP contribution in [0.15, 0.2) is 28.7 Å². The van der Waals surface area contributed by atoms with Crippen molar-refractivity contribution in [3.05, 3.63) is 34.3 Å². The third kappa shape index (κ3) is 2.49. The van der Waals surface area contributed by atoms with Crippen molar-refractivity contribution in [1.82, 2.24) is 5.32 Å². The lowest BCUT2D eigenvalue weighted by Gasteiger charge is -2.18. The van der Waals surface area contributed by atoms with Crippen molar-refractivity contribution in [3.63, 3.8) is 0 Å². The molecular weight excluding hydrogens is 262 g/mol. The van der Waals surface area contributed by atoms with Crippen molar-refractivity contribution in [2.24, 2.45) is 11.3 Å². The lowest BCUT2D eigenvalue weighted by atomic mass is 9.97. The maximum Gasteiger partial charge on any atom is 0.0207 e. The maximum absolute atomic E-state index is 3.62. The van der Waals surface area contributed by atoms with E-state index in [-0.39, 0.29) is 0 Å². The van der Waals surface area contributed by atoms with Gasteiger partial charge in [-0.25, -0.2) is 0 Å². The zero-order chi connectivity index (χ0) is 11.8. The molecule has 1 aliphatic rings. The molecule has 16 heavy (non-hydrogen) atoms. The quantitative estimate of drug-likeness (QED) is 0.889. The standard InChI is InChI=1S/C14H20BrN/c1-14(2)9-11(14)13(16-3)8-10-6-4-5-7-12(10)15/h4-7,11,13,16H,8-9H2,1-3H3. The highest BCUT2D eigenvalue weighted by Gasteiger charge is 2.49. The Hall–Kier alpha value is -0.340. The molecule has 1 aromatic rings. The van der Waals surface area contributed by atoms with Crippen LogP contribution in [-0.2, 0) is 6.42 Å². The molecule has 0 radical (unpaired) electrons. The molecule has 2 rings (SSSR count). The third-order valence-corrected chi connectivity index (χ3v) is 4.62. The molecule has 0 saturated heterocycles. The number of likely N-dealkylation sites (N-methyl/N-ethyl adjacent to an activating group) is 1. The first-order chi connectivity index (χ1) is 7.54. The second kappa shape index (κ2) is 4.50. The van der Waals surface area contributed by atoms with Crippen LogP contribution in [0.2, 0.25) is 0 Å². The molecule has 1 aliphatic carbocycles. The highest BCUT2D eigenvalue weighted by atomic mass is 79.9. The molecule has 2 atom stereocenters. The molecule has 0 aliphatic heterocycles. The van der Waals surface area contributed by atoms with Gasteiger partial charge in [0, 0.05) is 10.5 Å². The first-order valence-electron chi connectivity index (χ1n) is 5.95. The van der Waals surface area contributed by atoms with Crippen LogP contribution in [0.3, 0.4) is 0 Å². The molecule has 0 bridgehead atoms. The summed E-state index contributed by atoms with van der Waals surface area (Å²) in [6.45, 7) is 4.73. The van der Waals surface area contributed by atoms with Gasteiger partial charge >= 0.3 is 0 Å². The third-order valence-electron chi connectivity index (χ3n) is 3.84. The molecule has 2 heteroatoms. The molecule has 1 aromatic carbocycles. The summed E-state index contributed by atoms with van der Waals surface area (Å²) in [6, 6.07) is 9.13. The Balaban J connectivity index is 2.06. The Bertz CT molecular complexity index is 373. The van der Waals surface area contributed by atoms with Crippen molar-refractivity contribution >= 4 is 15.9 Å². The van der Waals surface area contributed by atoms with Crippen LogP contribution in [-0.4, -0.2) is 13.1 Å². The van der Waals surface area contributed by atoms with Gasteiger partial charge in [0.15, 0.2) is 0 Å². The van der Waals surface area contributed by atoms with E-state index in [1.54, 1.807) is 0 Å². The number of hydrogen-bond donors (Lipinski definition) is 1. The molecule has 1 fully saturated rings.